The van der Waals surface area contributed by atoms with Crippen molar-refractivity contribution in [2.75, 3.05) is 5.75 Å². The molecule has 1 aromatic heterocycles. The average molecular weight is 221 g/mol. The highest BCUT2D eigenvalue weighted by Gasteiger charge is 2.11. The summed E-state index contributed by atoms with van der Waals surface area (Å²) in [7, 11) is 0. The van der Waals surface area contributed by atoms with Gasteiger partial charge in [0.1, 0.15) is 16.4 Å². The van der Waals surface area contributed by atoms with Crippen LogP contribution in [0.2, 0.25) is 0 Å². The van der Waals surface area contributed by atoms with E-state index in [2.05, 4.69) is 24.0 Å². The maximum Gasteiger partial charge on any atom is 0.117 e. The van der Waals surface area contributed by atoms with Gasteiger partial charge in [-0.3, -0.25) is 0 Å². The van der Waals surface area contributed by atoms with Gasteiger partial charge in [-0.15, -0.1) is 11.8 Å². The zero-order chi connectivity index (χ0) is 10.7. The Morgan fingerprint density at radius 1 is 1.20 bits per heavy atom. The minimum Gasteiger partial charge on any atom is -0.170 e. The smallest absolute Gasteiger partial charge is 0.117 e. The van der Waals surface area contributed by atoms with Gasteiger partial charge in [-0.25, -0.2) is 0 Å². The van der Waals surface area contributed by atoms with Gasteiger partial charge in [-0.2, -0.15) is 15.0 Å². The summed E-state index contributed by atoms with van der Waals surface area (Å²) in [5.74, 6) is 1.09. The predicted octanol–water partition coefficient (Wildman–Crippen LogP) is 3.09. The van der Waals surface area contributed by atoms with Crippen LogP contribution in [-0.2, 0) is 0 Å². The van der Waals surface area contributed by atoms with Gasteiger partial charge in [0, 0.05) is 0 Å². The van der Waals surface area contributed by atoms with Gasteiger partial charge in [0.05, 0.1) is 0 Å². The molecular formula is C11H15N3S. The van der Waals surface area contributed by atoms with E-state index in [0.29, 0.717) is 5.37 Å². The largest absolute Gasteiger partial charge is 0.170 e. The highest BCUT2D eigenvalue weighted by atomic mass is 32.2. The van der Waals surface area contributed by atoms with Crippen LogP contribution >= 0.6 is 11.8 Å². The Kier molecular flexibility index (Phi) is 3.26. The lowest BCUT2D eigenvalue weighted by molar-refractivity contribution is 0.521. The molecule has 80 valence electrons. The molecule has 0 fully saturated rings. The van der Waals surface area contributed by atoms with E-state index in [4.69, 9.17) is 0 Å². The number of nitrogens with zero attached hydrogens (tertiary/aromatic N) is 3. The molecule has 4 heteroatoms. The standard InChI is InChI=1S/C11H15N3S/c1-3-11(15-4-2)14-12-9-7-5-6-8-10(9)13-14/h5-8,11H,3-4H2,1-2H3. The molecule has 0 saturated carbocycles. The summed E-state index contributed by atoms with van der Waals surface area (Å²) < 4.78 is 0. The van der Waals surface area contributed by atoms with Crippen molar-refractivity contribution >= 4 is 22.8 Å². The number of fused-ring (bicyclic) bond motifs is 1. The molecule has 1 atom stereocenters. The lowest BCUT2D eigenvalue weighted by Crippen LogP contribution is -2.08. The van der Waals surface area contributed by atoms with Crippen molar-refractivity contribution < 1.29 is 0 Å². The molecule has 1 aromatic carbocycles. The summed E-state index contributed by atoms with van der Waals surface area (Å²) in [6, 6.07) is 7.99. The lowest BCUT2D eigenvalue weighted by Gasteiger charge is -2.11. The topological polar surface area (TPSA) is 30.7 Å². The van der Waals surface area contributed by atoms with Gasteiger partial charge >= 0.3 is 0 Å². The third-order valence-electron chi connectivity index (χ3n) is 2.27. The van der Waals surface area contributed by atoms with Crippen LogP contribution in [0.25, 0.3) is 11.0 Å². The fraction of sp³-hybridized carbons (Fsp3) is 0.455. The van der Waals surface area contributed by atoms with E-state index in [1.54, 1.807) is 0 Å². The van der Waals surface area contributed by atoms with E-state index >= 15 is 0 Å². The summed E-state index contributed by atoms with van der Waals surface area (Å²) in [5.41, 5.74) is 1.96. The third-order valence-corrected chi connectivity index (χ3v) is 3.51. The minimum absolute atomic E-state index is 0.363. The van der Waals surface area contributed by atoms with Crippen LogP contribution in [0, 0.1) is 0 Å². The zero-order valence-electron chi connectivity index (χ0n) is 9.05. The van der Waals surface area contributed by atoms with Crippen LogP contribution in [0.3, 0.4) is 0 Å². The molecule has 2 rings (SSSR count). The normalized spacial score (nSPS) is 13.2. The summed E-state index contributed by atoms with van der Waals surface area (Å²) in [6.45, 7) is 4.33. The van der Waals surface area contributed by atoms with Crippen molar-refractivity contribution in [3.8, 4) is 0 Å². The fourth-order valence-electron chi connectivity index (χ4n) is 1.55. The predicted molar refractivity (Wildman–Crippen MR) is 65.0 cm³/mol. The number of benzene rings is 1. The van der Waals surface area contributed by atoms with E-state index < -0.39 is 0 Å². The first-order valence-corrected chi connectivity index (χ1v) is 6.33. The van der Waals surface area contributed by atoms with Crippen molar-refractivity contribution in [1.82, 2.24) is 15.0 Å². The molecule has 1 heterocycles. The first kappa shape index (κ1) is 10.5. The fourth-order valence-corrected chi connectivity index (χ4v) is 2.39. The highest BCUT2D eigenvalue weighted by Crippen LogP contribution is 2.25. The van der Waals surface area contributed by atoms with Crippen molar-refractivity contribution in [2.45, 2.75) is 25.6 Å². The van der Waals surface area contributed by atoms with Crippen LogP contribution in [-0.4, -0.2) is 20.7 Å². The first-order chi connectivity index (χ1) is 7.35. The third kappa shape index (κ3) is 2.15. The highest BCUT2D eigenvalue weighted by molar-refractivity contribution is 7.99. The summed E-state index contributed by atoms with van der Waals surface area (Å²) in [5, 5.41) is 9.34. The summed E-state index contributed by atoms with van der Waals surface area (Å²) in [4.78, 5) is 1.85. The second-order valence-electron chi connectivity index (χ2n) is 3.33. The molecule has 2 aromatic rings. The molecular weight excluding hydrogens is 206 g/mol. The molecule has 0 amide bonds. The van der Waals surface area contributed by atoms with Crippen LogP contribution in [0.1, 0.15) is 25.6 Å². The Hall–Kier alpha value is -1.03. The maximum absolute atomic E-state index is 4.49. The van der Waals surface area contributed by atoms with Crippen LogP contribution in [0.4, 0.5) is 0 Å². The molecule has 0 aliphatic heterocycles. The molecule has 0 radical (unpaired) electrons. The maximum atomic E-state index is 4.49. The number of hydrogen-bond donors (Lipinski definition) is 0. The SMILES string of the molecule is CCSC(CC)n1nc2ccccc2n1. The summed E-state index contributed by atoms with van der Waals surface area (Å²) in [6.07, 6.45) is 1.06. The van der Waals surface area contributed by atoms with Crippen LogP contribution < -0.4 is 0 Å². The first-order valence-electron chi connectivity index (χ1n) is 5.28. The zero-order valence-corrected chi connectivity index (χ0v) is 9.87. The lowest BCUT2D eigenvalue weighted by atomic mass is 10.3. The number of thioether (sulfide) groups is 1. The van der Waals surface area contributed by atoms with E-state index in [1.807, 2.05) is 40.8 Å². The van der Waals surface area contributed by atoms with Crippen LogP contribution in [0.15, 0.2) is 24.3 Å². The van der Waals surface area contributed by atoms with Gasteiger partial charge in [0.2, 0.25) is 0 Å². The second-order valence-corrected chi connectivity index (χ2v) is 4.78. The molecule has 0 bridgehead atoms. The number of rotatable bonds is 4. The Balaban J connectivity index is 2.34. The molecule has 0 saturated heterocycles. The molecule has 1 unspecified atom stereocenters. The van der Waals surface area contributed by atoms with Crippen molar-refractivity contribution in [1.29, 1.82) is 0 Å². The second kappa shape index (κ2) is 4.66. The molecule has 0 aliphatic rings. The minimum atomic E-state index is 0.363. The van der Waals surface area contributed by atoms with Gasteiger partial charge < -0.3 is 0 Å². The molecule has 0 spiro atoms. The number of aromatic nitrogens is 3. The Labute approximate surface area is 93.9 Å². The van der Waals surface area contributed by atoms with Crippen molar-refractivity contribution in [2.24, 2.45) is 0 Å². The quantitative estimate of drug-likeness (QED) is 0.795. The van der Waals surface area contributed by atoms with E-state index in [-0.39, 0.29) is 0 Å². The average Bonchev–Trinajstić information content (AvgIpc) is 2.69. The van der Waals surface area contributed by atoms with E-state index in [9.17, 15) is 0 Å². The van der Waals surface area contributed by atoms with Gasteiger partial charge in [0.25, 0.3) is 0 Å². The summed E-state index contributed by atoms with van der Waals surface area (Å²) >= 11 is 1.88. The van der Waals surface area contributed by atoms with Gasteiger partial charge in [0.15, 0.2) is 0 Å². The molecule has 3 nitrogen and oxygen atoms in total. The van der Waals surface area contributed by atoms with Gasteiger partial charge in [-0.05, 0) is 24.3 Å². The Morgan fingerprint density at radius 3 is 2.27 bits per heavy atom. The van der Waals surface area contributed by atoms with E-state index in [0.717, 1.165) is 23.2 Å². The Morgan fingerprint density at radius 2 is 1.80 bits per heavy atom. The monoisotopic (exact) mass is 221 g/mol. The molecule has 0 aliphatic carbocycles. The molecule has 0 N–H and O–H groups in total. The van der Waals surface area contributed by atoms with E-state index in [1.165, 1.54) is 0 Å². The molecule has 15 heavy (non-hydrogen) atoms. The van der Waals surface area contributed by atoms with Crippen molar-refractivity contribution in [3.05, 3.63) is 24.3 Å². The van der Waals surface area contributed by atoms with Crippen LogP contribution in [0.5, 0.6) is 0 Å². The number of hydrogen-bond acceptors (Lipinski definition) is 3. The van der Waals surface area contributed by atoms with Gasteiger partial charge in [-0.1, -0.05) is 26.0 Å². The van der Waals surface area contributed by atoms with Crippen molar-refractivity contribution in [3.63, 3.8) is 0 Å². The Bertz CT molecular complexity index is 405.